The number of benzene rings is 1. The normalized spacial score (nSPS) is 10.9. The molecule has 0 aliphatic carbocycles. The molecule has 0 aliphatic heterocycles. The van der Waals surface area contributed by atoms with E-state index in [1.807, 2.05) is 16.8 Å². The first kappa shape index (κ1) is 14.6. The Morgan fingerprint density at radius 3 is 2.80 bits per heavy atom. The molecule has 0 unspecified atom stereocenters. The second kappa shape index (κ2) is 6.57. The van der Waals surface area contributed by atoms with Crippen molar-refractivity contribution in [2.24, 2.45) is 0 Å². The predicted octanol–water partition coefficient (Wildman–Crippen LogP) is 2.75. The molecule has 0 atom stereocenters. The van der Waals surface area contributed by atoms with E-state index in [1.54, 1.807) is 12.1 Å². The average molecular weight is 273 g/mol. The zero-order valence-corrected chi connectivity index (χ0v) is 12.5. The highest BCUT2D eigenvalue weighted by atomic mass is 16.3. The Labute approximate surface area is 120 Å². The fraction of sp³-hybridized carbons (Fsp3) is 0.438. The molecule has 108 valence electrons. The molecule has 1 aromatic heterocycles. The SMILES string of the molecule is CCCNCc1c(C)nn(Cc2cccc(O)c2)c1C. The van der Waals surface area contributed by atoms with Crippen LogP contribution in [0, 0.1) is 13.8 Å². The summed E-state index contributed by atoms with van der Waals surface area (Å²) in [6.45, 7) is 8.90. The fourth-order valence-electron chi connectivity index (χ4n) is 2.36. The van der Waals surface area contributed by atoms with Gasteiger partial charge in [0.05, 0.1) is 12.2 Å². The number of rotatable bonds is 6. The van der Waals surface area contributed by atoms with Crippen LogP contribution in [0.2, 0.25) is 0 Å². The lowest BCUT2D eigenvalue weighted by Crippen LogP contribution is -2.15. The number of phenols is 1. The van der Waals surface area contributed by atoms with Crippen LogP contribution >= 0.6 is 0 Å². The van der Waals surface area contributed by atoms with Gasteiger partial charge in [-0.25, -0.2) is 0 Å². The third-order valence-corrected chi connectivity index (χ3v) is 3.50. The lowest BCUT2D eigenvalue weighted by atomic mass is 10.2. The predicted molar refractivity (Wildman–Crippen MR) is 80.9 cm³/mol. The van der Waals surface area contributed by atoms with Gasteiger partial charge < -0.3 is 10.4 Å². The molecule has 0 fully saturated rings. The maximum atomic E-state index is 9.52. The number of aromatic nitrogens is 2. The Kier molecular flexibility index (Phi) is 4.79. The molecule has 0 saturated heterocycles. The lowest BCUT2D eigenvalue weighted by Gasteiger charge is -2.07. The van der Waals surface area contributed by atoms with Crippen molar-refractivity contribution in [1.82, 2.24) is 15.1 Å². The van der Waals surface area contributed by atoms with Gasteiger partial charge in [0.15, 0.2) is 0 Å². The minimum Gasteiger partial charge on any atom is -0.508 e. The quantitative estimate of drug-likeness (QED) is 0.796. The van der Waals surface area contributed by atoms with Crippen molar-refractivity contribution in [3.63, 3.8) is 0 Å². The van der Waals surface area contributed by atoms with E-state index in [2.05, 4.69) is 31.2 Å². The van der Waals surface area contributed by atoms with Crippen LogP contribution in [0.5, 0.6) is 5.75 Å². The van der Waals surface area contributed by atoms with Crippen molar-refractivity contribution in [3.8, 4) is 5.75 Å². The summed E-state index contributed by atoms with van der Waals surface area (Å²) in [6.07, 6.45) is 1.13. The Hall–Kier alpha value is -1.81. The Morgan fingerprint density at radius 1 is 1.30 bits per heavy atom. The average Bonchev–Trinajstić information content (AvgIpc) is 2.66. The Balaban J connectivity index is 2.15. The van der Waals surface area contributed by atoms with Gasteiger partial charge in [-0.15, -0.1) is 0 Å². The second-order valence-electron chi connectivity index (χ2n) is 5.15. The van der Waals surface area contributed by atoms with E-state index >= 15 is 0 Å². The van der Waals surface area contributed by atoms with Crippen molar-refractivity contribution >= 4 is 0 Å². The number of nitrogens with zero attached hydrogens (tertiary/aromatic N) is 2. The Morgan fingerprint density at radius 2 is 2.10 bits per heavy atom. The summed E-state index contributed by atoms with van der Waals surface area (Å²) in [6, 6.07) is 7.33. The highest BCUT2D eigenvalue weighted by molar-refractivity contribution is 5.29. The van der Waals surface area contributed by atoms with Crippen molar-refractivity contribution in [3.05, 3.63) is 46.8 Å². The third kappa shape index (κ3) is 3.39. The summed E-state index contributed by atoms with van der Waals surface area (Å²) in [5.74, 6) is 0.300. The second-order valence-corrected chi connectivity index (χ2v) is 5.15. The molecule has 4 nitrogen and oxygen atoms in total. The number of aromatic hydroxyl groups is 1. The van der Waals surface area contributed by atoms with Crippen LogP contribution in [0.4, 0.5) is 0 Å². The summed E-state index contributed by atoms with van der Waals surface area (Å²) in [5, 5.41) is 17.6. The number of phenolic OH excluding ortho intramolecular Hbond substituents is 1. The monoisotopic (exact) mass is 273 g/mol. The molecule has 0 radical (unpaired) electrons. The molecule has 2 N–H and O–H groups in total. The van der Waals surface area contributed by atoms with Crippen LogP contribution in [0.15, 0.2) is 24.3 Å². The van der Waals surface area contributed by atoms with Gasteiger partial charge in [0.25, 0.3) is 0 Å². The van der Waals surface area contributed by atoms with Gasteiger partial charge in [-0.3, -0.25) is 4.68 Å². The zero-order chi connectivity index (χ0) is 14.5. The van der Waals surface area contributed by atoms with E-state index in [0.29, 0.717) is 12.3 Å². The molecule has 0 aliphatic rings. The number of aryl methyl sites for hydroxylation is 1. The minimum absolute atomic E-state index is 0.300. The lowest BCUT2D eigenvalue weighted by molar-refractivity contribution is 0.474. The van der Waals surface area contributed by atoms with Gasteiger partial charge in [0, 0.05) is 17.8 Å². The zero-order valence-electron chi connectivity index (χ0n) is 12.5. The van der Waals surface area contributed by atoms with Gasteiger partial charge in [-0.1, -0.05) is 19.1 Å². The van der Waals surface area contributed by atoms with E-state index in [-0.39, 0.29) is 0 Å². The molecular weight excluding hydrogens is 250 g/mol. The fourth-order valence-corrected chi connectivity index (χ4v) is 2.36. The van der Waals surface area contributed by atoms with Crippen LogP contribution in [0.3, 0.4) is 0 Å². The first-order valence-electron chi connectivity index (χ1n) is 7.13. The topological polar surface area (TPSA) is 50.1 Å². The van der Waals surface area contributed by atoms with Crippen molar-refractivity contribution in [2.45, 2.75) is 40.3 Å². The van der Waals surface area contributed by atoms with Crippen LogP contribution < -0.4 is 5.32 Å². The van der Waals surface area contributed by atoms with Gasteiger partial charge in [0.2, 0.25) is 0 Å². The molecule has 0 bridgehead atoms. The molecule has 0 saturated carbocycles. The molecule has 1 aromatic carbocycles. The van der Waals surface area contributed by atoms with E-state index in [4.69, 9.17) is 0 Å². The van der Waals surface area contributed by atoms with Crippen molar-refractivity contribution in [2.75, 3.05) is 6.54 Å². The number of hydrogen-bond acceptors (Lipinski definition) is 3. The van der Waals surface area contributed by atoms with Gasteiger partial charge >= 0.3 is 0 Å². The van der Waals surface area contributed by atoms with Crippen molar-refractivity contribution < 1.29 is 5.11 Å². The molecule has 0 spiro atoms. The maximum Gasteiger partial charge on any atom is 0.115 e. The van der Waals surface area contributed by atoms with E-state index in [0.717, 1.165) is 30.8 Å². The number of nitrogens with one attached hydrogen (secondary N) is 1. The first-order chi connectivity index (χ1) is 9.61. The van der Waals surface area contributed by atoms with Gasteiger partial charge in [0.1, 0.15) is 5.75 Å². The standard InChI is InChI=1S/C16H23N3O/c1-4-8-17-10-16-12(2)18-19(13(16)3)11-14-6-5-7-15(20)9-14/h5-7,9,17,20H,4,8,10-11H2,1-3H3. The molecule has 1 heterocycles. The van der Waals surface area contributed by atoms with Crippen LogP contribution in [0.25, 0.3) is 0 Å². The first-order valence-corrected chi connectivity index (χ1v) is 7.13. The summed E-state index contributed by atoms with van der Waals surface area (Å²) in [7, 11) is 0. The summed E-state index contributed by atoms with van der Waals surface area (Å²) >= 11 is 0. The van der Waals surface area contributed by atoms with E-state index in [1.165, 1.54) is 11.3 Å². The van der Waals surface area contributed by atoms with E-state index in [9.17, 15) is 5.11 Å². The van der Waals surface area contributed by atoms with Crippen molar-refractivity contribution in [1.29, 1.82) is 0 Å². The maximum absolute atomic E-state index is 9.52. The summed E-state index contributed by atoms with van der Waals surface area (Å²) in [4.78, 5) is 0. The highest BCUT2D eigenvalue weighted by Crippen LogP contribution is 2.16. The number of hydrogen-bond donors (Lipinski definition) is 2. The van der Waals surface area contributed by atoms with Gasteiger partial charge in [-0.05, 0) is 44.5 Å². The molecular formula is C16H23N3O. The molecule has 4 heteroatoms. The molecule has 0 amide bonds. The summed E-state index contributed by atoms with van der Waals surface area (Å²) < 4.78 is 2.01. The largest absolute Gasteiger partial charge is 0.508 e. The molecule has 2 rings (SSSR count). The van der Waals surface area contributed by atoms with Crippen LogP contribution in [-0.4, -0.2) is 21.4 Å². The van der Waals surface area contributed by atoms with E-state index < -0.39 is 0 Å². The Bertz CT molecular complexity index is 575. The summed E-state index contributed by atoms with van der Waals surface area (Å²) in [5.41, 5.74) is 4.60. The van der Waals surface area contributed by atoms with Crippen LogP contribution in [-0.2, 0) is 13.1 Å². The highest BCUT2D eigenvalue weighted by Gasteiger charge is 2.11. The molecule has 2 aromatic rings. The smallest absolute Gasteiger partial charge is 0.115 e. The molecule has 20 heavy (non-hydrogen) atoms. The third-order valence-electron chi connectivity index (χ3n) is 3.50. The minimum atomic E-state index is 0.300. The van der Waals surface area contributed by atoms with Gasteiger partial charge in [-0.2, -0.15) is 5.10 Å². The van der Waals surface area contributed by atoms with Crippen LogP contribution in [0.1, 0.15) is 35.9 Å².